The maximum atomic E-state index is 11.1. The summed E-state index contributed by atoms with van der Waals surface area (Å²) in [4.78, 5) is 14.8. The molecule has 1 aromatic carbocycles. The van der Waals surface area contributed by atoms with Gasteiger partial charge in [0.25, 0.3) is 0 Å². The quantitative estimate of drug-likeness (QED) is 0.237. The molecule has 1 aromatic rings. The standard InChI is InChI=1S/C8H6NOS2.Na.O3S/c1-9-7-4-2-3-6(5-7)8(10)12-11;;1-4(2)3/h3-5,11H,1H2;;/q-1;+1;. The van der Waals surface area contributed by atoms with E-state index in [1.54, 1.807) is 18.2 Å². The van der Waals surface area contributed by atoms with Crippen LogP contribution in [-0.2, 0) is 10.6 Å². The van der Waals surface area contributed by atoms with Gasteiger partial charge in [0.05, 0.1) is 0 Å². The van der Waals surface area contributed by atoms with E-state index in [0.717, 1.165) is 10.8 Å². The molecule has 0 aliphatic carbocycles. The molecule has 0 unspecified atom stereocenters. The molecule has 9 heteroatoms. The van der Waals surface area contributed by atoms with Gasteiger partial charge in [0.1, 0.15) is 0 Å². The third kappa shape index (κ3) is 9.57. The first-order chi connectivity index (χ1) is 7.51. The number of thiol groups is 1. The second-order valence-electron chi connectivity index (χ2n) is 2.22. The van der Waals surface area contributed by atoms with Crippen LogP contribution in [0.3, 0.4) is 0 Å². The smallest absolute Gasteiger partial charge is 0.329 e. The van der Waals surface area contributed by atoms with Gasteiger partial charge >= 0.3 is 40.2 Å². The van der Waals surface area contributed by atoms with Crippen molar-refractivity contribution in [1.82, 2.24) is 0 Å². The number of hydrogen-bond donors (Lipinski definition) is 1. The molecule has 0 heterocycles. The van der Waals surface area contributed by atoms with Crippen LogP contribution < -0.4 is 29.6 Å². The van der Waals surface area contributed by atoms with Crippen LogP contribution in [-0.4, -0.2) is 24.5 Å². The Morgan fingerprint density at radius 3 is 2.35 bits per heavy atom. The summed E-state index contributed by atoms with van der Waals surface area (Å²) in [6.07, 6.45) is 0. The van der Waals surface area contributed by atoms with Crippen LogP contribution in [0.1, 0.15) is 10.4 Å². The third-order valence-corrected chi connectivity index (χ3v) is 2.17. The Labute approximate surface area is 131 Å². The molecule has 0 aromatic heterocycles. The number of rotatable bonds is 2. The Morgan fingerprint density at radius 2 is 1.94 bits per heavy atom. The molecule has 1 rings (SSSR count). The Balaban J connectivity index is 0. The Hall–Kier alpha value is -0.120. The van der Waals surface area contributed by atoms with E-state index in [2.05, 4.69) is 29.4 Å². The first kappa shape index (κ1) is 19.2. The molecule has 86 valence electrons. The summed E-state index contributed by atoms with van der Waals surface area (Å²) >= 11 is 3.80. The monoisotopic (exact) mass is 299 g/mol. The van der Waals surface area contributed by atoms with Gasteiger partial charge in [-0.15, -0.1) is 30.4 Å². The van der Waals surface area contributed by atoms with Crippen LogP contribution >= 0.6 is 22.5 Å². The SMILES string of the molecule is C=Nc1c[c-]cc(C(=O)SS)c1.O=S(=O)=O.[Na+]. The van der Waals surface area contributed by atoms with Gasteiger partial charge in [-0.2, -0.15) is 18.2 Å². The van der Waals surface area contributed by atoms with E-state index < -0.39 is 10.6 Å². The number of aliphatic imine (C=N–C) groups is 1. The van der Waals surface area contributed by atoms with E-state index in [0.29, 0.717) is 11.3 Å². The van der Waals surface area contributed by atoms with Gasteiger partial charge in [-0.25, -0.2) is 0 Å². The summed E-state index contributed by atoms with van der Waals surface area (Å²) in [7, 11) is -2.24. The number of carbonyl (C=O) groups excluding carboxylic acids is 1. The normalized spacial score (nSPS) is 8.06. The van der Waals surface area contributed by atoms with Gasteiger partial charge in [-0.05, 0) is 23.2 Å². The largest absolute Gasteiger partial charge is 1.00 e. The van der Waals surface area contributed by atoms with Crippen molar-refractivity contribution in [2.45, 2.75) is 0 Å². The maximum Gasteiger partial charge on any atom is 1.00 e. The minimum atomic E-state index is -3.11. The van der Waals surface area contributed by atoms with E-state index in [-0.39, 0.29) is 34.7 Å². The fourth-order valence-electron chi connectivity index (χ4n) is 0.721. The fourth-order valence-corrected chi connectivity index (χ4v) is 1.26. The predicted molar refractivity (Wildman–Crippen MR) is 65.1 cm³/mol. The molecule has 0 aliphatic heterocycles. The zero-order valence-corrected chi connectivity index (χ0v) is 13.3. The second kappa shape index (κ2) is 11.0. The molecule has 0 fully saturated rings. The fraction of sp³-hybridized carbons (Fsp3) is 0. The van der Waals surface area contributed by atoms with Crippen molar-refractivity contribution in [1.29, 1.82) is 0 Å². The topological polar surface area (TPSA) is 80.6 Å². The van der Waals surface area contributed by atoms with Gasteiger partial charge in [-0.1, -0.05) is 5.56 Å². The van der Waals surface area contributed by atoms with Crippen molar-refractivity contribution in [3.05, 3.63) is 29.8 Å². The molecular formula is C8H6NNaO4S3. The molecule has 17 heavy (non-hydrogen) atoms. The molecule has 0 atom stereocenters. The van der Waals surface area contributed by atoms with Crippen LogP contribution in [0.25, 0.3) is 0 Å². The minimum absolute atomic E-state index is 0. The van der Waals surface area contributed by atoms with Gasteiger partial charge in [0, 0.05) is 0 Å². The van der Waals surface area contributed by atoms with Crippen LogP contribution in [0, 0.1) is 6.07 Å². The molecule has 0 saturated carbocycles. The van der Waals surface area contributed by atoms with Crippen LogP contribution in [0.15, 0.2) is 23.2 Å². The Bertz CT molecular complexity index is 481. The number of nitrogens with zero attached hydrogens (tertiary/aromatic N) is 1. The van der Waals surface area contributed by atoms with Crippen molar-refractivity contribution in [3.8, 4) is 0 Å². The minimum Gasteiger partial charge on any atom is -0.329 e. The van der Waals surface area contributed by atoms with E-state index in [1.807, 2.05) is 0 Å². The van der Waals surface area contributed by atoms with Crippen molar-refractivity contribution in [3.63, 3.8) is 0 Å². The van der Waals surface area contributed by atoms with Crippen molar-refractivity contribution in [2.75, 3.05) is 0 Å². The van der Waals surface area contributed by atoms with Crippen molar-refractivity contribution < 1.29 is 47.0 Å². The van der Waals surface area contributed by atoms with E-state index in [4.69, 9.17) is 12.6 Å². The molecule has 5 nitrogen and oxygen atoms in total. The summed E-state index contributed by atoms with van der Waals surface area (Å²) in [5.41, 5.74) is 1.18. The summed E-state index contributed by atoms with van der Waals surface area (Å²) < 4.78 is 25.3. The first-order valence-corrected chi connectivity index (χ1v) is 6.48. The molecule has 0 spiro atoms. The van der Waals surface area contributed by atoms with E-state index in [1.165, 1.54) is 0 Å². The van der Waals surface area contributed by atoms with E-state index in [9.17, 15) is 4.79 Å². The Morgan fingerprint density at radius 1 is 1.41 bits per heavy atom. The van der Waals surface area contributed by atoms with Gasteiger partial charge in [0.2, 0.25) is 0 Å². The van der Waals surface area contributed by atoms with Gasteiger partial charge < -0.3 is 4.99 Å². The zero-order valence-electron chi connectivity index (χ0n) is 8.78. The van der Waals surface area contributed by atoms with Crippen molar-refractivity contribution in [2.24, 2.45) is 4.99 Å². The zero-order chi connectivity index (χ0) is 12.6. The summed E-state index contributed by atoms with van der Waals surface area (Å²) in [6.45, 7) is 3.35. The molecule has 0 saturated heterocycles. The average Bonchev–Trinajstić information content (AvgIpc) is 2.27. The summed E-state index contributed by atoms with van der Waals surface area (Å²) in [6, 6.07) is 7.70. The average molecular weight is 299 g/mol. The number of hydrogen-bond acceptors (Lipinski definition) is 7. The molecule has 0 bridgehead atoms. The molecule has 0 amide bonds. The Kier molecular flexibility index (Phi) is 12.4. The summed E-state index contributed by atoms with van der Waals surface area (Å²) in [5.74, 6) is 0. The van der Waals surface area contributed by atoms with Crippen LogP contribution in [0.2, 0.25) is 0 Å². The molecule has 0 radical (unpaired) electrons. The summed E-state index contributed by atoms with van der Waals surface area (Å²) in [5, 5.41) is -0.111. The molecular weight excluding hydrogens is 293 g/mol. The van der Waals surface area contributed by atoms with Gasteiger partial charge in [-0.3, -0.25) is 4.79 Å². The molecule has 0 N–H and O–H groups in total. The predicted octanol–water partition coefficient (Wildman–Crippen LogP) is -1.46. The van der Waals surface area contributed by atoms with Crippen LogP contribution in [0.5, 0.6) is 0 Å². The number of benzene rings is 1. The first-order valence-electron chi connectivity index (χ1n) is 3.61. The van der Waals surface area contributed by atoms with Gasteiger partial charge in [0.15, 0.2) is 5.12 Å². The van der Waals surface area contributed by atoms with Crippen LogP contribution in [0.4, 0.5) is 5.69 Å². The second-order valence-corrected chi connectivity index (χ2v) is 3.73. The number of carbonyl (C=O) groups is 1. The van der Waals surface area contributed by atoms with Crippen molar-refractivity contribution >= 4 is 50.6 Å². The van der Waals surface area contributed by atoms with E-state index >= 15 is 0 Å². The maximum absolute atomic E-state index is 11.1. The molecule has 0 aliphatic rings. The third-order valence-electron chi connectivity index (χ3n) is 1.27.